The summed E-state index contributed by atoms with van der Waals surface area (Å²) < 4.78 is 5.47. The van der Waals surface area contributed by atoms with Crippen LogP contribution < -0.4 is 10.4 Å². The predicted octanol–water partition coefficient (Wildman–Crippen LogP) is 4.99. The fourth-order valence-electron chi connectivity index (χ4n) is 3.39. The van der Waals surface area contributed by atoms with E-state index in [-0.39, 0.29) is 5.56 Å². The molecule has 4 rings (SSSR count). The van der Waals surface area contributed by atoms with Gasteiger partial charge in [0.1, 0.15) is 0 Å². The normalized spacial score (nSPS) is 11.8. The quantitative estimate of drug-likeness (QED) is 0.406. The summed E-state index contributed by atoms with van der Waals surface area (Å²) in [6.45, 7) is 4.46. The third-order valence-corrected chi connectivity index (χ3v) is 6.11. The number of rotatable bonds is 5. The molecule has 0 bridgehead atoms. The lowest BCUT2D eigenvalue weighted by Gasteiger charge is -2.07. The van der Waals surface area contributed by atoms with Gasteiger partial charge in [0.2, 0.25) is 0 Å². The zero-order valence-corrected chi connectivity index (χ0v) is 18.3. The van der Waals surface area contributed by atoms with Crippen molar-refractivity contribution in [3.8, 4) is 22.5 Å². The third-order valence-electron chi connectivity index (χ3n) is 5.00. The third kappa shape index (κ3) is 3.60. The van der Waals surface area contributed by atoms with Crippen molar-refractivity contribution < 1.29 is 0 Å². The molecule has 0 N–H and O–H groups in total. The van der Waals surface area contributed by atoms with Crippen LogP contribution in [0.4, 0.5) is 5.69 Å². The molecule has 0 unspecified atom stereocenters. The minimum atomic E-state index is -0.136. The molecule has 0 radical (unpaired) electrons. The number of thiazole rings is 1. The molecule has 2 aromatic carbocycles. The van der Waals surface area contributed by atoms with Gasteiger partial charge in [-0.2, -0.15) is 0 Å². The molecule has 0 spiro atoms. The SMILES string of the molecule is C=CCn1c(-c2ccc(Cl)cc2)csc1=Nc1c(-c2ccccc2)n(C)n(C)c1=O. The molecule has 0 aliphatic carbocycles. The molecule has 0 atom stereocenters. The van der Waals surface area contributed by atoms with Gasteiger partial charge in [-0.3, -0.25) is 14.2 Å². The van der Waals surface area contributed by atoms with Gasteiger partial charge >= 0.3 is 0 Å². The summed E-state index contributed by atoms with van der Waals surface area (Å²) in [4.78, 5) is 18.6. The van der Waals surface area contributed by atoms with Gasteiger partial charge in [0.25, 0.3) is 5.56 Å². The Kier molecular flexibility index (Phi) is 5.61. The molecule has 4 aromatic rings. The van der Waals surface area contributed by atoms with E-state index in [2.05, 4.69) is 11.1 Å². The Balaban J connectivity index is 1.95. The van der Waals surface area contributed by atoms with Crippen molar-refractivity contribution in [1.82, 2.24) is 13.9 Å². The highest BCUT2D eigenvalue weighted by atomic mass is 35.5. The lowest BCUT2D eigenvalue weighted by molar-refractivity contribution is 0.584. The second-order valence-electron chi connectivity index (χ2n) is 6.84. The van der Waals surface area contributed by atoms with Gasteiger partial charge < -0.3 is 4.57 Å². The number of halogens is 1. The second kappa shape index (κ2) is 8.34. The largest absolute Gasteiger partial charge is 0.313 e. The van der Waals surface area contributed by atoms with Crippen LogP contribution in [-0.4, -0.2) is 13.9 Å². The maximum Gasteiger partial charge on any atom is 0.293 e. The Morgan fingerprint density at radius 1 is 1.03 bits per heavy atom. The molecule has 152 valence electrons. The molecule has 2 aromatic heterocycles. The van der Waals surface area contributed by atoms with Crippen LogP contribution in [0.2, 0.25) is 5.02 Å². The van der Waals surface area contributed by atoms with E-state index in [0.29, 0.717) is 17.3 Å². The smallest absolute Gasteiger partial charge is 0.293 e. The van der Waals surface area contributed by atoms with Gasteiger partial charge in [0, 0.05) is 36.6 Å². The fourth-order valence-corrected chi connectivity index (χ4v) is 4.44. The molecule has 0 saturated carbocycles. The van der Waals surface area contributed by atoms with Gasteiger partial charge in [-0.15, -0.1) is 17.9 Å². The van der Waals surface area contributed by atoms with Crippen molar-refractivity contribution >= 4 is 28.6 Å². The van der Waals surface area contributed by atoms with E-state index < -0.39 is 0 Å². The number of allylic oxidation sites excluding steroid dienone is 1. The van der Waals surface area contributed by atoms with Gasteiger partial charge in [0.05, 0.1) is 11.4 Å². The van der Waals surface area contributed by atoms with E-state index in [1.54, 1.807) is 11.7 Å². The van der Waals surface area contributed by atoms with Crippen molar-refractivity contribution in [3.63, 3.8) is 0 Å². The van der Waals surface area contributed by atoms with Crippen LogP contribution in [-0.2, 0) is 20.6 Å². The minimum Gasteiger partial charge on any atom is -0.313 e. The molecule has 0 aliphatic heterocycles. The van der Waals surface area contributed by atoms with Crippen LogP contribution in [0, 0.1) is 0 Å². The van der Waals surface area contributed by atoms with Crippen LogP contribution in [0.15, 0.2) is 82.4 Å². The average Bonchev–Trinajstić information content (AvgIpc) is 3.24. The Bertz CT molecular complexity index is 1320. The zero-order chi connectivity index (χ0) is 21.3. The minimum absolute atomic E-state index is 0.136. The lowest BCUT2D eigenvalue weighted by atomic mass is 10.1. The monoisotopic (exact) mass is 436 g/mol. The Labute approximate surface area is 183 Å². The Morgan fingerprint density at radius 3 is 2.40 bits per heavy atom. The first-order valence-electron chi connectivity index (χ1n) is 9.42. The van der Waals surface area contributed by atoms with Crippen LogP contribution in [0.5, 0.6) is 0 Å². The van der Waals surface area contributed by atoms with Crippen LogP contribution in [0.25, 0.3) is 22.5 Å². The van der Waals surface area contributed by atoms with E-state index in [0.717, 1.165) is 27.3 Å². The number of benzene rings is 2. The van der Waals surface area contributed by atoms with Crippen molar-refractivity contribution in [3.05, 3.63) is 92.8 Å². The number of nitrogens with zero attached hydrogens (tertiary/aromatic N) is 4. The van der Waals surface area contributed by atoms with E-state index in [4.69, 9.17) is 16.6 Å². The molecule has 0 saturated heterocycles. The molecule has 30 heavy (non-hydrogen) atoms. The van der Waals surface area contributed by atoms with Crippen molar-refractivity contribution in [2.45, 2.75) is 6.54 Å². The second-order valence-corrected chi connectivity index (χ2v) is 8.11. The molecule has 0 amide bonds. The number of hydrogen-bond acceptors (Lipinski definition) is 3. The highest BCUT2D eigenvalue weighted by Gasteiger charge is 2.18. The Morgan fingerprint density at radius 2 is 1.73 bits per heavy atom. The summed E-state index contributed by atoms with van der Waals surface area (Å²) in [6.07, 6.45) is 1.83. The maximum absolute atomic E-state index is 13.0. The predicted molar refractivity (Wildman–Crippen MR) is 124 cm³/mol. The van der Waals surface area contributed by atoms with Gasteiger partial charge in [0.15, 0.2) is 10.5 Å². The zero-order valence-electron chi connectivity index (χ0n) is 16.7. The summed E-state index contributed by atoms with van der Waals surface area (Å²) in [7, 11) is 3.62. The van der Waals surface area contributed by atoms with E-state index in [1.165, 1.54) is 11.3 Å². The highest BCUT2D eigenvalue weighted by Crippen LogP contribution is 2.28. The number of hydrogen-bond donors (Lipinski definition) is 0. The summed E-state index contributed by atoms with van der Waals surface area (Å²) in [5.41, 5.74) is 4.06. The van der Waals surface area contributed by atoms with Crippen LogP contribution >= 0.6 is 22.9 Å². The average molecular weight is 437 g/mol. The summed E-state index contributed by atoms with van der Waals surface area (Å²) in [5, 5.41) is 2.73. The van der Waals surface area contributed by atoms with E-state index >= 15 is 0 Å². The van der Waals surface area contributed by atoms with Crippen LogP contribution in [0.1, 0.15) is 0 Å². The van der Waals surface area contributed by atoms with Crippen molar-refractivity contribution in [2.75, 3.05) is 0 Å². The summed E-state index contributed by atoms with van der Waals surface area (Å²) in [5.74, 6) is 0. The lowest BCUT2D eigenvalue weighted by Crippen LogP contribution is -2.18. The van der Waals surface area contributed by atoms with Crippen LogP contribution in [0.3, 0.4) is 0 Å². The van der Waals surface area contributed by atoms with Crippen molar-refractivity contribution in [1.29, 1.82) is 0 Å². The maximum atomic E-state index is 13.0. The van der Waals surface area contributed by atoms with Crippen molar-refractivity contribution in [2.24, 2.45) is 19.1 Å². The van der Waals surface area contributed by atoms with Gasteiger partial charge in [-0.05, 0) is 17.7 Å². The first kappa shape index (κ1) is 20.2. The molecular weight excluding hydrogens is 416 g/mol. The summed E-state index contributed by atoms with van der Waals surface area (Å²) in [6, 6.07) is 17.5. The first-order valence-corrected chi connectivity index (χ1v) is 10.7. The summed E-state index contributed by atoms with van der Waals surface area (Å²) >= 11 is 7.54. The molecule has 0 aliphatic rings. The molecule has 5 nitrogen and oxygen atoms in total. The molecule has 0 fully saturated rings. The standard InChI is InChI=1S/C23H21ClN4OS/c1-4-14-28-19(16-10-12-18(24)13-11-16)15-30-23(28)25-20-21(17-8-6-5-7-9-17)26(2)27(3)22(20)29/h4-13,15H,1,14H2,2-3H3. The van der Waals surface area contributed by atoms with Gasteiger partial charge in [-0.1, -0.05) is 60.1 Å². The molecule has 7 heteroatoms. The fraction of sp³-hybridized carbons (Fsp3) is 0.130. The highest BCUT2D eigenvalue weighted by molar-refractivity contribution is 7.07. The molecular formula is C23H21ClN4OS. The first-order chi connectivity index (χ1) is 14.5. The van der Waals surface area contributed by atoms with E-state index in [9.17, 15) is 4.79 Å². The topological polar surface area (TPSA) is 44.2 Å². The molecule has 2 heterocycles. The van der Waals surface area contributed by atoms with E-state index in [1.807, 2.05) is 77.8 Å². The number of aromatic nitrogens is 3. The Hall–Kier alpha value is -3.09. The van der Waals surface area contributed by atoms with Gasteiger partial charge in [-0.25, -0.2) is 4.99 Å².